The maximum Gasteiger partial charge on any atom is 0.337 e. The Morgan fingerprint density at radius 2 is 1.83 bits per heavy atom. The molecule has 2 aromatic rings. The highest BCUT2D eigenvalue weighted by Gasteiger charge is 2.28. The molecule has 0 unspecified atom stereocenters. The van der Waals surface area contributed by atoms with Gasteiger partial charge in [0, 0.05) is 0 Å². The van der Waals surface area contributed by atoms with Crippen molar-refractivity contribution in [3.8, 4) is 5.75 Å². The summed E-state index contributed by atoms with van der Waals surface area (Å²) in [4.78, 5) is 24.1. The first kappa shape index (κ1) is 16.0. The van der Waals surface area contributed by atoms with Crippen molar-refractivity contribution < 1.29 is 19.1 Å². The van der Waals surface area contributed by atoms with Crippen LogP contribution in [0.3, 0.4) is 0 Å². The summed E-state index contributed by atoms with van der Waals surface area (Å²) in [5.74, 6) is 0.454. The van der Waals surface area contributed by atoms with Crippen LogP contribution in [0, 0.1) is 0 Å². The van der Waals surface area contributed by atoms with E-state index in [0.29, 0.717) is 22.8 Å². The van der Waals surface area contributed by atoms with E-state index >= 15 is 0 Å². The number of Topliss-reactive ketones (excluding diaryl/α,β-unsaturated/α-hetero) is 1. The summed E-state index contributed by atoms with van der Waals surface area (Å²) >= 11 is 0. The third-order valence-corrected chi connectivity index (χ3v) is 3.99. The molecule has 24 heavy (non-hydrogen) atoms. The van der Waals surface area contributed by atoms with Gasteiger partial charge in [0.15, 0.2) is 5.76 Å². The van der Waals surface area contributed by atoms with Gasteiger partial charge in [0.05, 0.1) is 18.2 Å². The van der Waals surface area contributed by atoms with Crippen molar-refractivity contribution in [2.75, 3.05) is 7.11 Å². The van der Waals surface area contributed by atoms with E-state index in [0.717, 1.165) is 5.56 Å². The number of ketones is 1. The second-order valence-corrected chi connectivity index (χ2v) is 5.96. The number of ether oxygens (including phenoxy) is 2. The Morgan fingerprint density at radius 3 is 2.46 bits per heavy atom. The molecule has 4 heteroatoms. The Balaban J connectivity index is 1.89. The number of methoxy groups -OCH3 is 1. The van der Waals surface area contributed by atoms with Crippen molar-refractivity contribution in [1.29, 1.82) is 0 Å². The van der Waals surface area contributed by atoms with Crippen molar-refractivity contribution in [3.05, 3.63) is 70.5 Å². The lowest BCUT2D eigenvalue weighted by Crippen LogP contribution is -2.02. The van der Waals surface area contributed by atoms with Crippen molar-refractivity contribution in [2.24, 2.45) is 0 Å². The smallest absolute Gasteiger partial charge is 0.337 e. The first-order valence-corrected chi connectivity index (χ1v) is 7.76. The number of benzene rings is 2. The molecule has 0 spiro atoms. The van der Waals surface area contributed by atoms with Gasteiger partial charge in [-0.1, -0.05) is 38.1 Å². The Bertz CT molecular complexity index is 829. The van der Waals surface area contributed by atoms with E-state index in [1.807, 2.05) is 24.3 Å². The highest BCUT2D eigenvalue weighted by molar-refractivity contribution is 6.15. The normalized spacial score (nSPS) is 14.7. The summed E-state index contributed by atoms with van der Waals surface area (Å²) in [7, 11) is 1.31. The summed E-state index contributed by atoms with van der Waals surface area (Å²) < 4.78 is 10.3. The molecule has 4 nitrogen and oxygen atoms in total. The van der Waals surface area contributed by atoms with Crippen LogP contribution in [0.15, 0.2) is 48.2 Å². The molecule has 1 aliphatic rings. The van der Waals surface area contributed by atoms with Gasteiger partial charge in [0.25, 0.3) is 0 Å². The summed E-state index contributed by atoms with van der Waals surface area (Å²) in [6.45, 7) is 4.26. The molecule has 0 radical (unpaired) electrons. The highest BCUT2D eigenvalue weighted by atomic mass is 16.5. The summed E-state index contributed by atoms with van der Waals surface area (Å²) in [6, 6.07) is 12.7. The van der Waals surface area contributed by atoms with Crippen LogP contribution in [0.4, 0.5) is 0 Å². The summed E-state index contributed by atoms with van der Waals surface area (Å²) in [5, 5.41) is 0. The topological polar surface area (TPSA) is 52.6 Å². The minimum Gasteiger partial charge on any atom is -0.465 e. The van der Waals surface area contributed by atoms with Gasteiger partial charge in [0.2, 0.25) is 5.78 Å². The zero-order valence-electron chi connectivity index (χ0n) is 13.8. The largest absolute Gasteiger partial charge is 0.465 e. The van der Waals surface area contributed by atoms with E-state index in [9.17, 15) is 9.59 Å². The third kappa shape index (κ3) is 2.95. The van der Waals surface area contributed by atoms with Gasteiger partial charge in [0.1, 0.15) is 5.75 Å². The quantitative estimate of drug-likeness (QED) is 0.627. The van der Waals surface area contributed by atoms with Gasteiger partial charge in [-0.3, -0.25) is 4.79 Å². The minimum absolute atomic E-state index is 0.233. The second-order valence-electron chi connectivity index (χ2n) is 5.96. The van der Waals surface area contributed by atoms with Crippen molar-refractivity contribution in [1.82, 2.24) is 0 Å². The zero-order valence-corrected chi connectivity index (χ0v) is 13.8. The molecule has 0 amide bonds. The van der Waals surface area contributed by atoms with Crippen LogP contribution >= 0.6 is 0 Å². The number of allylic oxidation sites excluding steroid dienone is 1. The molecule has 1 aliphatic heterocycles. The Morgan fingerprint density at radius 1 is 1.12 bits per heavy atom. The monoisotopic (exact) mass is 322 g/mol. The average molecular weight is 322 g/mol. The Kier molecular flexibility index (Phi) is 4.21. The predicted molar refractivity (Wildman–Crippen MR) is 91.2 cm³/mol. The number of hydrogen-bond acceptors (Lipinski definition) is 4. The lowest BCUT2D eigenvalue weighted by molar-refractivity contribution is 0.0600. The predicted octanol–water partition coefficient (Wildman–Crippen LogP) is 4.21. The van der Waals surface area contributed by atoms with Crippen molar-refractivity contribution in [3.63, 3.8) is 0 Å². The van der Waals surface area contributed by atoms with Gasteiger partial charge in [-0.05, 0) is 41.3 Å². The summed E-state index contributed by atoms with van der Waals surface area (Å²) in [5.41, 5.74) is 2.84. The average Bonchev–Trinajstić information content (AvgIpc) is 2.90. The van der Waals surface area contributed by atoms with E-state index in [-0.39, 0.29) is 11.5 Å². The lowest BCUT2D eigenvalue weighted by atomic mass is 10.0. The molecule has 0 saturated heterocycles. The van der Waals surface area contributed by atoms with E-state index in [1.54, 1.807) is 18.2 Å². The number of esters is 1. The van der Waals surface area contributed by atoms with Gasteiger partial charge in [-0.25, -0.2) is 4.79 Å². The standard InChI is InChI=1S/C20H18O4/c1-12(2)14-6-4-13(5-7-14)10-18-19(21)16-11-15(20(22)23-3)8-9-17(16)24-18/h4-12H,1-3H3. The number of hydrogen-bond donors (Lipinski definition) is 0. The van der Waals surface area contributed by atoms with E-state index in [2.05, 4.69) is 18.6 Å². The fraction of sp³-hybridized carbons (Fsp3) is 0.200. The number of fused-ring (bicyclic) bond motifs is 1. The van der Waals surface area contributed by atoms with E-state index in [4.69, 9.17) is 4.74 Å². The molecule has 1 heterocycles. The second kappa shape index (κ2) is 6.32. The molecule has 122 valence electrons. The Hall–Kier alpha value is -2.88. The number of carbonyl (C=O) groups is 2. The first-order valence-electron chi connectivity index (χ1n) is 7.76. The van der Waals surface area contributed by atoms with Gasteiger partial charge < -0.3 is 9.47 Å². The first-order chi connectivity index (χ1) is 11.5. The molecule has 0 fully saturated rings. The fourth-order valence-electron chi connectivity index (χ4n) is 2.56. The van der Waals surface area contributed by atoms with Crippen LogP contribution in [-0.2, 0) is 4.74 Å². The molecule has 3 rings (SSSR count). The SMILES string of the molecule is COC(=O)c1ccc2c(c1)C(=O)C(=Cc1ccc(C(C)C)cc1)O2. The third-order valence-electron chi connectivity index (χ3n) is 3.99. The van der Waals surface area contributed by atoms with Crippen LogP contribution < -0.4 is 4.74 Å². The number of carbonyl (C=O) groups excluding carboxylic acids is 2. The van der Waals surface area contributed by atoms with E-state index < -0.39 is 5.97 Å². The molecule has 0 bridgehead atoms. The highest BCUT2D eigenvalue weighted by Crippen LogP contribution is 2.32. The Labute approximate surface area is 140 Å². The van der Waals surface area contributed by atoms with Gasteiger partial charge in [-0.2, -0.15) is 0 Å². The van der Waals surface area contributed by atoms with Crippen LogP contribution in [0.5, 0.6) is 5.75 Å². The van der Waals surface area contributed by atoms with Gasteiger partial charge >= 0.3 is 5.97 Å². The van der Waals surface area contributed by atoms with Crippen molar-refractivity contribution >= 4 is 17.8 Å². The maximum absolute atomic E-state index is 12.5. The molecule has 0 aliphatic carbocycles. The molecule has 0 aromatic heterocycles. The molecule has 0 atom stereocenters. The van der Waals surface area contributed by atoms with Crippen LogP contribution in [-0.4, -0.2) is 18.9 Å². The summed E-state index contributed by atoms with van der Waals surface area (Å²) in [6.07, 6.45) is 1.71. The lowest BCUT2D eigenvalue weighted by Gasteiger charge is -2.05. The fourth-order valence-corrected chi connectivity index (χ4v) is 2.56. The number of rotatable bonds is 3. The molecule has 2 aromatic carbocycles. The molecular weight excluding hydrogens is 304 g/mol. The molecule has 0 N–H and O–H groups in total. The zero-order chi connectivity index (χ0) is 17.3. The van der Waals surface area contributed by atoms with Crippen LogP contribution in [0.2, 0.25) is 0 Å². The van der Waals surface area contributed by atoms with Crippen LogP contribution in [0.25, 0.3) is 6.08 Å². The van der Waals surface area contributed by atoms with Crippen molar-refractivity contribution in [2.45, 2.75) is 19.8 Å². The minimum atomic E-state index is -0.479. The maximum atomic E-state index is 12.5. The van der Waals surface area contributed by atoms with Crippen LogP contribution in [0.1, 0.15) is 51.6 Å². The van der Waals surface area contributed by atoms with E-state index in [1.165, 1.54) is 18.7 Å². The molecule has 0 saturated carbocycles. The molecular formula is C20H18O4. The van der Waals surface area contributed by atoms with Gasteiger partial charge in [-0.15, -0.1) is 0 Å².